The van der Waals surface area contributed by atoms with Crippen LogP contribution in [0.3, 0.4) is 0 Å². The van der Waals surface area contributed by atoms with Crippen molar-refractivity contribution in [1.82, 2.24) is 9.55 Å². The number of benzene rings is 2. The Balaban J connectivity index is 1.30. The van der Waals surface area contributed by atoms with Crippen molar-refractivity contribution in [2.24, 2.45) is 0 Å². The number of aromatic amines is 1. The third kappa shape index (κ3) is 5.22. The smallest absolute Gasteiger partial charge is 0.306 e. The van der Waals surface area contributed by atoms with Gasteiger partial charge in [-0.1, -0.05) is 30.3 Å². The summed E-state index contributed by atoms with van der Waals surface area (Å²) in [6, 6.07) is 17.9. The van der Waals surface area contributed by atoms with Crippen molar-refractivity contribution >= 4 is 22.7 Å². The van der Waals surface area contributed by atoms with Gasteiger partial charge in [0.05, 0.1) is 7.11 Å². The van der Waals surface area contributed by atoms with Gasteiger partial charge in [-0.25, -0.2) is 0 Å². The number of hydrogen-bond acceptors (Lipinski definition) is 4. The number of methoxy groups -OCH3 is 1. The number of rotatable bonds is 10. The Morgan fingerprint density at radius 2 is 1.76 bits per heavy atom. The molecule has 0 spiro atoms. The Hall–Kier alpha value is -3.80. The lowest BCUT2D eigenvalue weighted by molar-refractivity contribution is -0.142. The van der Waals surface area contributed by atoms with E-state index >= 15 is 0 Å². The molecule has 0 unspecified atom stereocenters. The predicted molar refractivity (Wildman–Crippen MR) is 133 cm³/mol. The number of hydrogen-bond donors (Lipinski definition) is 1. The summed E-state index contributed by atoms with van der Waals surface area (Å²) in [5, 5.41) is 1.11. The molecule has 0 saturated heterocycles. The maximum absolute atomic E-state index is 12.8. The van der Waals surface area contributed by atoms with Crippen molar-refractivity contribution < 1.29 is 19.1 Å². The largest absolute Gasteiger partial charge is 0.497 e. The van der Waals surface area contributed by atoms with Crippen LogP contribution in [-0.4, -0.2) is 35.0 Å². The number of carbonyl (C=O) groups is 2. The quantitative estimate of drug-likeness (QED) is 0.262. The average Bonchev–Trinajstić information content (AvgIpc) is 3.40. The van der Waals surface area contributed by atoms with Crippen LogP contribution in [0.15, 0.2) is 60.8 Å². The average molecular weight is 459 g/mol. The van der Waals surface area contributed by atoms with Crippen molar-refractivity contribution in [1.29, 1.82) is 0 Å². The molecule has 176 valence electrons. The number of nitrogens with zero attached hydrogens (tertiary/aromatic N) is 1. The minimum absolute atomic E-state index is 0.177. The lowest BCUT2D eigenvalue weighted by Crippen LogP contribution is -2.15. The standard InChI is InChI=1S/C28H30N2O4/c1-19-16-25(20(2)30(19)15-14-21-8-11-23(33-3)12-9-21)27(31)18-34-28(32)13-10-22-17-29-26-7-5-4-6-24(22)26/h4-9,11-12,16-17,29H,10,13-15,18H2,1-3H3. The number of fused-ring (bicyclic) bond motifs is 1. The molecule has 0 saturated carbocycles. The number of para-hydroxylation sites is 1. The second kappa shape index (κ2) is 10.4. The molecule has 4 rings (SSSR count). The van der Waals surface area contributed by atoms with Gasteiger partial charge in [0.2, 0.25) is 5.78 Å². The zero-order chi connectivity index (χ0) is 24.1. The van der Waals surface area contributed by atoms with Crippen LogP contribution in [-0.2, 0) is 28.9 Å². The van der Waals surface area contributed by atoms with E-state index in [4.69, 9.17) is 9.47 Å². The summed E-state index contributed by atoms with van der Waals surface area (Å²) in [6.07, 6.45) is 3.56. The Labute approximate surface area is 199 Å². The summed E-state index contributed by atoms with van der Waals surface area (Å²) >= 11 is 0. The van der Waals surface area contributed by atoms with E-state index < -0.39 is 0 Å². The zero-order valence-corrected chi connectivity index (χ0v) is 19.9. The molecule has 1 N–H and O–H groups in total. The minimum atomic E-state index is -0.369. The van der Waals surface area contributed by atoms with Crippen LogP contribution >= 0.6 is 0 Å². The SMILES string of the molecule is COc1ccc(CCn2c(C)cc(C(=O)COC(=O)CCc3c[nH]c4ccccc34)c2C)cc1. The van der Waals surface area contributed by atoms with E-state index in [1.807, 2.05) is 62.5 Å². The minimum Gasteiger partial charge on any atom is -0.497 e. The monoisotopic (exact) mass is 458 g/mol. The highest BCUT2D eigenvalue weighted by atomic mass is 16.5. The Bertz CT molecular complexity index is 1300. The fourth-order valence-corrected chi connectivity index (χ4v) is 4.33. The van der Waals surface area contributed by atoms with Gasteiger partial charge in [-0.15, -0.1) is 0 Å². The Kier molecular flexibility index (Phi) is 7.16. The van der Waals surface area contributed by atoms with Crippen molar-refractivity contribution in [2.75, 3.05) is 13.7 Å². The first kappa shape index (κ1) is 23.4. The molecular formula is C28H30N2O4. The van der Waals surface area contributed by atoms with Crippen LogP contribution in [0.1, 0.15) is 39.3 Å². The summed E-state index contributed by atoms with van der Waals surface area (Å²) in [5.74, 6) is 0.289. The van der Waals surface area contributed by atoms with Gasteiger partial charge in [-0.2, -0.15) is 0 Å². The van der Waals surface area contributed by atoms with E-state index in [-0.39, 0.29) is 24.8 Å². The fraction of sp³-hybridized carbons (Fsp3) is 0.286. The number of esters is 1. The second-order valence-corrected chi connectivity index (χ2v) is 8.48. The lowest BCUT2D eigenvalue weighted by Gasteiger charge is -2.10. The van der Waals surface area contributed by atoms with E-state index in [2.05, 4.69) is 21.7 Å². The van der Waals surface area contributed by atoms with E-state index in [1.54, 1.807) is 7.11 Å². The molecule has 0 radical (unpaired) electrons. The number of H-pyrrole nitrogens is 1. The number of ketones is 1. The summed E-state index contributed by atoms with van der Waals surface area (Å²) in [5.41, 5.74) is 5.83. The van der Waals surface area contributed by atoms with Crippen LogP contribution < -0.4 is 4.74 Å². The topological polar surface area (TPSA) is 73.3 Å². The summed E-state index contributed by atoms with van der Waals surface area (Å²) in [6.45, 7) is 4.45. The molecular weight excluding hydrogens is 428 g/mol. The molecule has 0 aliphatic rings. The molecule has 0 bridgehead atoms. The molecule has 0 amide bonds. The van der Waals surface area contributed by atoms with Gasteiger partial charge in [0.1, 0.15) is 5.75 Å². The van der Waals surface area contributed by atoms with Gasteiger partial charge < -0.3 is 19.0 Å². The third-order valence-electron chi connectivity index (χ3n) is 6.29. The van der Waals surface area contributed by atoms with Crippen LogP contribution in [0.2, 0.25) is 0 Å². The van der Waals surface area contributed by atoms with Crippen LogP contribution in [0, 0.1) is 13.8 Å². The number of carbonyl (C=O) groups excluding carboxylic acids is 2. The molecule has 2 aromatic heterocycles. The molecule has 0 fully saturated rings. The van der Waals surface area contributed by atoms with Gasteiger partial charge >= 0.3 is 5.97 Å². The number of nitrogens with one attached hydrogen (secondary N) is 1. The highest BCUT2D eigenvalue weighted by Crippen LogP contribution is 2.20. The van der Waals surface area contributed by atoms with Gasteiger partial charge in [0, 0.05) is 47.0 Å². The van der Waals surface area contributed by atoms with E-state index in [9.17, 15) is 9.59 Å². The second-order valence-electron chi connectivity index (χ2n) is 8.48. The maximum Gasteiger partial charge on any atom is 0.306 e. The molecule has 0 atom stereocenters. The van der Waals surface area contributed by atoms with Crippen molar-refractivity contribution in [2.45, 2.75) is 39.7 Å². The van der Waals surface area contributed by atoms with Crippen molar-refractivity contribution in [3.63, 3.8) is 0 Å². The molecule has 34 heavy (non-hydrogen) atoms. The van der Waals surface area contributed by atoms with Crippen LogP contribution in [0.4, 0.5) is 0 Å². The fourth-order valence-electron chi connectivity index (χ4n) is 4.33. The summed E-state index contributed by atoms with van der Waals surface area (Å²) in [4.78, 5) is 28.3. The number of Topliss-reactive ketones (excluding diaryl/α,β-unsaturated/α-hetero) is 1. The number of ether oxygens (including phenoxy) is 2. The normalized spacial score (nSPS) is 11.0. The highest BCUT2D eigenvalue weighted by molar-refractivity contribution is 5.99. The Morgan fingerprint density at radius 3 is 2.53 bits per heavy atom. The predicted octanol–water partition coefficient (Wildman–Crippen LogP) is 5.20. The molecule has 0 aliphatic heterocycles. The van der Waals surface area contributed by atoms with Crippen molar-refractivity contribution in [3.8, 4) is 5.75 Å². The first-order chi connectivity index (χ1) is 16.5. The third-order valence-corrected chi connectivity index (χ3v) is 6.29. The molecule has 0 aliphatic carbocycles. The van der Waals surface area contributed by atoms with Gasteiger partial charge in [-0.3, -0.25) is 9.59 Å². The number of aryl methyl sites for hydroxylation is 3. The molecule has 2 heterocycles. The van der Waals surface area contributed by atoms with Crippen LogP contribution in [0.25, 0.3) is 10.9 Å². The molecule has 4 aromatic rings. The van der Waals surface area contributed by atoms with Crippen molar-refractivity contribution in [3.05, 3.63) is 88.9 Å². The molecule has 2 aromatic carbocycles. The first-order valence-corrected chi connectivity index (χ1v) is 11.5. The lowest BCUT2D eigenvalue weighted by atomic mass is 10.1. The number of aromatic nitrogens is 2. The van der Waals surface area contributed by atoms with Gasteiger partial charge in [0.15, 0.2) is 6.61 Å². The maximum atomic E-state index is 12.8. The summed E-state index contributed by atoms with van der Waals surface area (Å²) in [7, 11) is 1.65. The first-order valence-electron chi connectivity index (χ1n) is 11.5. The molecule has 6 nitrogen and oxygen atoms in total. The zero-order valence-electron chi connectivity index (χ0n) is 19.9. The van der Waals surface area contributed by atoms with E-state index in [0.29, 0.717) is 12.0 Å². The summed E-state index contributed by atoms with van der Waals surface area (Å²) < 4.78 is 12.6. The Morgan fingerprint density at radius 1 is 1.00 bits per heavy atom. The highest BCUT2D eigenvalue weighted by Gasteiger charge is 2.17. The van der Waals surface area contributed by atoms with E-state index in [1.165, 1.54) is 5.56 Å². The van der Waals surface area contributed by atoms with E-state index in [0.717, 1.165) is 46.6 Å². The molecule has 6 heteroatoms. The van der Waals surface area contributed by atoms with Gasteiger partial charge in [0.25, 0.3) is 0 Å². The van der Waals surface area contributed by atoms with Gasteiger partial charge in [-0.05, 0) is 62.1 Å². The van der Waals surface area contributed by atoms with Crippen LogP contribution in [0.5, 0.6) is 5.75 Å².